The summed E-state index contributed by atoms with van der Waals surface area (Å²) in [5.41, 5.74) is 2.21. The second-order valence-electron chi connectivity index (χ2n) is 6.11. The molecule has 0 bridgehead atoms. The number of hydrogen-bond donors (Lipinski definition) is 0. The molecule has 0 saturated carbocycles. The van der Waals surface area contributed by atoms with E-state index in [0.717, 1.165) is 43.3 Å². The van der Waals surface area contributed by atoms with Crippen LogP contribution < -0.4 is 0 Å². The number of carbonyl (C=O) groups excluding carboxylic acids is 1. The van der Waals surface area contributed by atoms with Gasteiger partial charge in [0.1, 0.15) is 0 Å². The summed E-state index contributed by atoms with van der Waals surface area (Å²) in [6, 6.07) is 15.4. The van der Waals surface area contributed by atoms with Gasteiger partial charge in [0.15, 0.2) is 0 Å². The molecule has 0 N–H and O–H groups in total. The molecule has 0 aromatic heterocycles. The Bertz CT molecular complexity index is 733. The minimum absolute atomic E-state index is 0.0566. The smallest absolute Gasteiger partial charge is 0.246 e. The predicted octanol–water partition coefficient (Wildman–Crippen LogP) is 4.35. The summed E-state index contributed by atoms with van der Waals surface area (Å²) in [7, 11) is 0. The highest BCUT2D eigenvalue weighted by Gasteiger charge is 2.19. The number of hydrogen-bond acceptors (Lipinski definition) is 2. The lowest BCUT2D eigenvalue weighted by Gasteiger charge is -2.34. The minimum atomic E-state index is 0.0566. The van der Waals surface area contributed by atoms with E-state index in [9.17, 15) is 4.79 Å². The van der Waals surface area contributed by atoms with E-state index in [0.29, 0.717) is 5.02 Å². The summed E-state index contributed by atoms with van der Waals surface area (Å²) in [6.07, 6.45) is 3.47. The summed E-state index contributed by atoms with van der Waals surface area (Å²) in [5.74, 6) is 0.0566. The monoisotopic (exact) mass is 374 g/mol. The summed E-state index contributed by atoms with van der Waals surface area (Å²) < 4.78 is 0. The Morgan fingerprint density at radius 3 is 2.04 bits per heavy atom. The SMILES string of the molecule is O=C(/C=C/c1ccc(Cl)cc1)N1CCN(Cc2ccc(Cl)cc2)CC1. The Morgan fingerprint density at radius 1 is 0.880 bits per heavy atom. The number of carbonyl (C=O) groups is 1. The van der Waals surface area contributed by atoms with E-state index in [-0.39, 0.29) is 5.91 Å². The highest BCUT2D eigenvalue weighted by atomic mass is 35.5. The lowest BCUT2D eigenvalue weighted by atomic mass is 10.2. The zero-order valence-corrected chi connectivity index (χ0v) is 15.4. The lowest BCUT2D eigenvalue weighted by molar-refractivity contribution is -0.127. The predicted molar refractivity (Wildman–Crippen MR) is 104 cm³/mol. The molecule has 2 aromatic rings. The fourth-order valence-electron chi connectivity index (χ4n) is 2.82. The van der Waals surface area contributed by atoms with E-state index in [2.05, 4.69) is 17.0 Å². The number of nitrogens with zero attached hydrogens (tertiary/aromatic N) is 2. The maximum absolute atomic E-state index is 12.3. The fourth-order valence-corrected chi connectivity index (χ4v) is 3.07. The molecular formula is C20H20Cl2N2O. The number of piperazine rings is 1. The van der Waals surface area contributed by atoms with Crippen LogP contribution in [-0.4, -0.2) is 41.9 Å². The highest BCUT2D eigenvalue weighted by molar-refractivity contribution is 6.30. The molecule has 0 aliphatic carbocycles. The number of benzene rings is 2. The van der Waals surface area contributed by atoms with Crippen LogP contribution in [0.15, 0.2) is 54.6 Å². The van der Waals surface area contributed by atoms with Crippen LogP contribution >= 0.6 is 23.2 Å². The molecule has 1 heterocycles. The topological polar surface area (TPSA) is 23.6 Å². The van der Waals surface area contributed by atoms with Gasteiger partial charge in [0.05, 0.1) is 0 Å². The average Bonchev–Trinajstić information content (AvgIpc) is 2.63. The van der Waals surface area contributed by atoms with Crippen molar-refractivity contribution in [3.8, 4) is 0 Å². The molecule has 1 fully saturated rings. The summed E-state index contributed by atoms with van der Waals surface area (Å²) in [4.78, 5) is 16.6. The maximum atomic E-state index is 12.3. The molecule has 1 amide bonds. The first kappa shape index (κ1) is 18.0. The van der Waals surface area contributed by atoms with Gasteiger partial charge in [-0.05, 0) is 41.5 Å². The van der Waals surface area contributed by atoms with E-state index in [1.54, 1.807) is 6.08 Å². The van der Waals surface area contributed by atoms with Crippen molar-refractivity contribution in [2.75, 3.05) is 26.2 Å². The third kappa shape index (κ3) is 5.33. The standard InChI is InChI=1S/C20H20Cl2N2O/c21-18-6-1-16(2-7-18)5-10-20(25)24-13-11-23(12-14-24)15-17-3-8-19(22)9-4-17/h1-10H,11-15H2/b10-5+. The Morgan fingerprint density at radius 2 is 1.44 bits per heavy atom. The molecule has 1 aliphatic rings. The van der Waals surface area contributed by atoms with Crippen LogP contribution in [0.1, 0.15) is 11.1 Å². The highest BCUT2D eigenvalue weighted by Crippen LogP contribution is 2.14. The van der Waals surface area contributed by atoms with Crippen LogP contribution in [0.4, 0.5) is 0 Å². The summed E-state index contributed by atoms with van der Waals surface area (Å²) >= 11 is 11.8. The van der Waals surface area contributed by atoms with Crippen LogP contribution in [0.2, 0.25) is 10.0 Å². The van der Waals surface area contributed by atoms with Crippen molar-refractivity contribution in [3.05, 3.63) is 75.8 Å². The normalized spacial score (nSPS) is 15.7. The minimum Gasteiger partial charge on any atom is -0.337 e. The molecule has 0 atom stereocenters. The van der Waals surface area contributed by atoms with E-state index in [4.69, 9.17) is 23.2 Å². The molecule has 5 heteroatoms. The van der Waals surface area contributed by atoms with Gasteiger partial charge in [-0.3, -0.25) is 9.69 Å². The zero-order valence-electron chi connectivity index (χ0n) is 13.9. The van der Waals surface area contributed by atoms with Crippen molar-refractivity contribution < 1.29 is 4.79 Å². The van der Waals surface area contributed by atoms with Gasteiger partial charge < -0.3 is 4.90 Å². The van der Waals surface area contributed by atoms with Crippen LogP contribution in [0, 0.1) is 0 Å². The Kier molecular flexibility index (Phi) is 6.14. The van der Waals surface area contributed by atoms with Crippen molar-refractivity contribution in [1.82, 2.24) is 9.80 Å². The van der Waals surface area contributed by atoms with Crippen molar-refractivity contribution in [3.63, 3.8) is 0 Å². The molecule has 3 nitrogen and oxygen atoms in total. The van der Waals surface area contributed by atoms with Gasteiger partial charge in [-0.25, -0.2) is 0 Å². The molecule has 0 unspecified atom stereocenters. The lowest BCUT2D eigenvalue weighted by Crippen LogP contribution is -2.47. The van der Waals surface area contributed by atoms with E-state index >= 15 is 0 Å². The molecule has 0 spiro atoms. The molecular weight excluding hydrogens is 355 g/mol. The quantitative estimate of drug-likeness (QED) is 0.742. The molecule has 3 rings (SSSR count). The summed E-state index contributed by atoms with van der Waals surface area (Å²) in [6.45, 7) is 4.14. The van der Waals surface area contributed by atoms with Crippen molar-refractivity contribution in [2.45, 2.75) is 6.54 Å². The third-order valence-corrected chi connectivity index (χ3v) is 4.80. The van der Waals surface area contributed by atoms with E-state index < -0.39 is 0 Å². The molecule has 2 aromatic carbocycles. The molecule has 25 heavy (non-hydrogen) atoms. The first-order valence-corrected chi connectivity index (χ1v) is 9.05. The maximum Gasteiger partial charge on any atom is 0.246 e. The van der Waals surface area contributed by atoms with Crippen LogP contribution in [0.3, 0.4) is 0 Å². The largest absolute Gasteiger partial charge is 0.337 e. The zero-order chi connectivity index (χ0) is 17.6. The van der Waals surface area contributed by atoms with Gasteiger partial charge in [-0.2, -0.15) is 0 Å². The van der Waals surface area contributed by atoms with E-state index in [1.807, 2.05) is 47.4 Å². The van der Waals surface area contributed by atoms with Gasteiger partial charge in [0.25, 0.3) is 0 Å². The first-order chi connectivity index (χ1) is 12.1. The molecule has 1 saturated heterocycles. The summed E-state index contributed by atoms with van der Waals surface area (Å²) in [5, 5.41) is 1.45. The van der Waals surface area contributed by atoms with Gasteiger partial charge in [0, 0.05) is 48.8 Å². The fraction of sp³-hybridized carbons (Fsp3) is 0.250. The second-order valence-corrected chi connectivity index (χ2v) is 6.99. The number of rotatable bonds is 4. The van der Waals surface area contributed by atoms with Gasteiger partial charge >= 0.3 is 0 Å². The van der Waals surface area contributed by atoms with Crippen LogP contribution in [0.5, 0.6) is 0 Å². The van der Waals surface area contributed by atoms with E-state index in [1.165, 1.54) is 5.56 Å². The van der Waals surface area contributed by atoms with Crippen molar-refractivity contribution >= 4 is 35.2 Å². The first-order valence-electron chi connectivity index (χ1n) is 8.29. The van der Waals surface area contributed by atoms with Crippen molar-refractivity contribution in [1.29, 1.82) is 0 Å². The molecule has 130 valence electrons. The molecule has 0 radical (unpaired) electrons. The van der Waals surface area contributed by atoms with Crippen molar-refractivity contribution in [2.24, 2.45) is 0 Å². The Labute approximate surface area is 158 Å². The molecule has 1 aliphatic heterocycles. The van der Waals surface area contributed by atoms with Crippen LogP contribution in [0.25, 0.3) is 6.08 Å². The number of halogens is 2. The Balaban J connectivity index is 1.48. The second kappa shape index (κ2) is 8.52. The van der Waals surface area contributed by atoms with Gasteiger partial charge in [-0.15, -0.1) is 0 Å². The third-order valence-electron chi connectivity index (χ3n) is 4.29. The van der Waals surface area contributed by atoms with Crippen LogP contribution in [-0.2, 0) is 11.3 Å². The Hall–Kier alpha value is -1.81. The van der Waals surface area contributed by atoms with Gasteiger partial charge in [-0.1, -0.05) is 47.5 Å². The average molecular weight is 375 g/mol. The van der Waals surface area contributed by atoms with Gasteiger partial charge in [0.2, 0.25) is 5.91 Å². The number of amides is 1.